The SMILES string of the molecule is CCNC(=S)N(Cc1ccc2c(c1)OCO2)[C@@H]1CC(=O)N(c2ccc(OC)cc2)C1=O. The van der Waals surface area contributed by atoms with Crippen LogP contribution in [0.5, 0.6) is 17.2 Å². The van der Waals surface area contributed by atoms with Crippen LogP contribution in [0.25, 0.3) is 0 Å². The zero-order valence-electron chi connectivity index (χ0n) is 17.3. The van der Waals surface area contributed by atoms with Crippen LogP contribution in [-0.4, -0.2) is 48.3 Å². The number of amides is 2. The molecule has 2 aromatic carbocycles. The number of hydrogen-bond acceptors (Lipinski definition) is 6. The maximum absolute atomic E-state index is 13.3. The molecule has 0 saturated carbocycles. The Bertz CT molecular complexity index is 1010. The van der Waals surface area contributed by atoms with Crippen LogP contribution in [0.3, 0.4) is 0 Å². The second kappa shape index (κ2) is 8.81. The largest absolute Gasteiger partial charge is 0.497 e. The number of carbonyl (C=O) groups excluding carboxylic acids is 2. The average Bonchev–Trinajstić information content (AvgIpc) is 3.35. The third kappa shape index (κ3) is 4.13. The third-order valence-corrected chi connectivity index (χ3v) is 5.59. The number of methoxy groups -OCH3 is 1. The van der Waals surface area contributed by atoms with E-state index in [1.165, 1.54) is 4.90 Å². The van der Waals surface area contributed by atoms with Crippen molar-refractivity contribution in [2.24, 2.45) is 0 Å². The molecule has 1 N–H and O–H groups in total. The molecule has 162 valence electrons. The van der Waals surface area contributed by atoms with E-state index < -0.39 is 6.04 Å². The Morgan fingerprint density at radius 2 is 1.94 bits per heavy atom. The molecule has 0 bridgehead atoms. The summed E-state index contributed by atoms with van der Waals surface area (Å²) >= 11 is 5.55. The molecular formula is C22H23N3O5S. The van der Waals surface area contributed by atoms with Crippen molar-refractivity contribution in [1.82, 2.24) is 10.2 Å². The third-order valence-electron chi connectivity index (χ3n) is 5.21. The highest BCUT2D eigenvalue weighted by Crippen LogP contribution is 2.34. The molecule has 0 radical (unpaired) electrons. The van der Waals surface area contributed by atoms with Crippen molar-refractivity contribution in [3.8, 4) is 17.2 Å². The Labute approximate surface area is 185 Å². The van der Waals surface area contributed by atoms with E-state index in [0.717, 1.165) is 5.56 Å². The molecule has 1 fully saturated rings. The van der Waals surface area contributed by atoms with Gasteiger partial charge < -0.3 is 24.4 Å². The van der Waals surface area contributed by atoms with E-state index in [0.29, 0.717) is 41.1 Å². The fraction of sp³-hybridized carbons (Fsp3) is 0.318. The summed E-state index contributed by atoms with van der Waals surface area (Å²) < 4.78 is 16.0. The molecule has 9 heteroatoms. The van der Waals surface area contributed by atoms with Crippen LogP contribution in [0.1, 0.15) is 18.9 Å². The Morgan fingerprint density at radius 1 is 1.19 bits per heavy atom. The predicted molar refractivity (Wildman–Crippen MR) is 118 cm³/mol. The Kier molecular flexibility index (Phi) is 5.94. The zero-order valence-corrected chi connectivity index (χ0v) is 18.1. The lowest BCUT2D eigenvalue weighted by atomic mass is 10.1. The van der Waals surface area contributed by atoms with Crippen molar-refractivity contribution >= 4 is 34.8 Å². The lowest BCUT2D eigenvalue weighted by molar-refractivity contribution is -0.122. The quantitative estimate of drug-likeness (QED) is 0.541. The molecular weight excluding hydrogens is 418 g/mol. The summed E-state index contributed by atoms with van der Waals surface area (Å²) in [4.78, 5) is 29.1. The van der Waals surface area contributed by atoms with Crippen LogP contribution in [0, 0.1) is 0 Å². The van der Waals surface area contributed by atoms with E-state index in [1.54, 1.807) is 36.3 Å². The zero-order chi connectivity index (χ0) is 22.0. The molecule has 4 rings (SSSR count). The fourth-order valence-electron chi connectivity index (χ4n) is 3.67. The monoisotopic (exact) mass is 441 g/mol. The number of thiocarbonyl (C=S) groups is 1. The lowest BCUT2D eigenvalue weighted by Crippen LogP contribution is -2.49. The number of anilines is 1. The fourth-order valence-corrected chi connectivity index (χ4v) is 4.01. The Balaban J connectivity index is 1.59. The van der Waals surface area contributed by atoms with Crippen LogP contribution in [0.4, 0.5) is 5.69 Å². The van der Waals surface area contributed by atoms with E-state index in [9.17, 15) is 9.59 Å². The number of ether oxygens (including phenoxy) is 3. The van der Waals surface area contributed by atoms with Crippen LogP contribution < -0.4 is 24.4 Å². The Hall–Kier alpha value is -3.33. The molecule has 0 spiro atoms. The topological polar surface area (TPSA) is 80.3 Å². The molecule has 2 heterocycles. The summed E-state index contributed by atoms with van der Waals surface area (Å²) in [6, 6.07) is 11.7. The molecule has 1 atom stereocenters. The molecule has 0 aliphatic carbocycles. The van der Waals surface area contributed by atoms with Crippen LogP contribution in [0.2, 0.25) is 0 Å². The molecule has 0 aromatic heterocycles. The molecule has 2 aliphatic rings. The molecule has 2 amide bonds. The Morgan fingerprint density at radius 3 is 2.65 bits per heavy atom. The minimum absolute atomic E-state index is 0.0426. The highest BCUT2D eigenvalue weighted by molar-refractivity contribution is 7.80. The summed E-state index contributed by atoms with van der Waals surface area (Å²) in [5.74, 6) is 1.41. The number of carbonyl (C=O) groups is 2. The first-order valence-electron chi connectivity index (χ1n) is 9.95. The highest BCUT2D eigenvalue weighted by atomic mass is 32.1. The molecule has 8 nitrogen and oxygen atoms in total. The van der Waals surface area contributed by atoms with Gasteiger partial charge in [-0.2, -0.15) is 0 Å². The number of nitrogens with one attached hydrogen (secondary N) is 1. The van der Waals surface area contributed by atoms with Gasteiger partial charge in [0.25, 0.3) is 5.91 Å². The predicted octanol–water partition coefficient (Wildman–Crippen LogP) is 2.45. The summed E-state index contributed by atoms with van der Waals surface area (Å²) in [6.07, 6.45) is 0.0426. The second-order valence-corrected chi connectivity index (χ2v) is 7.52. The summed E-state index contributed by atoms with van der Waals surface area (Å²) in [5.41, 5.74) is 1.41. The number of rotatable bonds is 6. The summed E-state index contributed by atoms with van der Waals surface area (Å²) in [6.45, 7) is 3.07. The van der Waals surface area contributed by atoms with Crippen LogP contribution in [-0.2, 0) is 16.1 Å². The molecule has 2 aromatic rings. The van der Waals surface area contributed by atoms with E-state index in [1.807, 2.05) is 25.1 Å². The van der Waals surface area contributed by atoms with Crippen molar-refractivity contribution in [2.45, 2.75) is 25.9 Å². The van der Waals surface area contributed by atoms with E-state index >= 15 is 0 Å². The highest BCUT2D eigenvalue weighted by Gasteiger charge is 2.43. The first-order valence-corrected chi connectivity index (χ1v) is 10.4. The van der Waals surface area contributed by atoms with Gasteiger partial charge in [-0.15, -0.1) is 0 Å². The van der Waals surface area contributed by atoms with Gasteiger partial charge in [0, 0.05) is 13.1 Å². The van der Waals surface area contributed by atoms with Gasteiger partial charge in [-0.1, -0.05) is 6.07 Å². The summed E-state index contributed by atoms with van der Waals surface area (Å²) in [7, 11) is 1.56. The lowest BCUT2D eigenvalue weighted by Gasteiger charge is -2.30. The maximum Gasteiger partial charge on any atom is 0.257 e. The second-order valence-electron chi connectivity index (χ2n) is 7.14. The molecule has 0 unspecified atom stereocenters. The molecule has 2 aliphatic heterocycles. The van der Waals surface area contributed by atoms with Crippen molar-refractivity contribution in [3.05, 3.63) is 48.0 Å². The van der Waals surface area contributed by atoms with Gasteiger partial charge in [0.15, 0.2) is 16.6 Å². The first kappa shape index (κ1) is 20.9. The molecule has 1 saturated heterocycles. The van der Waals surface area contributed by atoms with Crippen molar-refractivity contribution in [1.29, 1.82) is 0 Å². The van der Waals surface area contributed by atoms with Gasteiger partial charge in [-0.3, -0.25) is 9.59 Å². The smallest absolute Gasteiger partial charge is 0.257 e. The minimum atomic E-state index is -0.702. The van der Waals surface area contributed by atoms with Gasteiger partial charge in [-0.05, 0) is 61.1 Å². The van der Waals surface area contributed by atoms with Gasteiger partial charge in [0.2, 0.25) is 12.7 Å². The standard InChI is InChI=1S/C22H23N3O5S/c1-3-23-22(31)24(12-14-4-9-18-19(10-14)30-13-29-18)17-11-20(26)25(21(17)27)15-5-7-16(28-2)8-6-15/h4-10,17H,3,11-13H2,1-2H3,(H,23,31)/t17-/m1/s1. The number of nitrogens with zero attached hydrogens (tertiary/aromatic N) is 2. The first-order chi connectivity index (χ1) is 15.0. The van der Waals surface area contributed by atoms with Crippen molar-refractivity contribution < 1.29 is 23.8 Å². The van der Waals surface area contributed by atoms with Gasteiger partial charge in [-0.25, -0.2) is 4.90 Å². The van der Waals surface area contributed by atoms with Gasteiger partial charge in [0.1, 0.15) is 11.8 Å². The average molecular weight is 442 g/mol. The minimum Gasteiger partial charge on any atom is -0.497 e. The van der Waals surface area contributed by atoms with E-state index in [4.69, 9.17) is 26.4 Å². The number of imide groups is 1. The van der Waals surface area contributed by atoms with Crippen molar-refractivity contribution in [3.63, 3.8) is 0 Å². The van der Waals surface area contributed by atoms with Gasteiger partial charge in [0.05, 0.1) is 19.2 Å². The number of hydrogen-bond donors (Lipinski definition) is 1. The summed E-state index contributed by atoms with van der Waals surface area (Å²) in [5, 5.41) is 3.52. The maximum atomic E-state index is 13.3. The normalized spacial score (nSPS) is 17.1. The van der Waals surface area contributed by atoms with Gasteiger partial charge >= 0.3 is 0 Å². The number of benzene rings is 2. The van der Waals surface area contributed by atoms with Crippen LogP contribution in [0.15, 0.2) is 42.5 Å². The molecule has 31 heavy (non-hydrogen) atoms. The van der Waals surface area contributed by atoms with E-state index in [2.05, 4.69) is 5.32 Å². The van der Waals surface area contributed by atoms with Crippen LogP contribution >= 0.6 is 12.2 Å². The van der Waals surface area contributed by atoms with Crippen molar-refractivity contribution in [2.75, 3.05) is 25.3 Å². The number of fused-ring (bicyclic) bond motifs is 1. The van der Waals surface area contributed by atoms with E-state index in [-0.39, 0.29) is 25.0 Å².